The molecule has 12 nitrogen and oxygen atoms in total. The maximum atomic E-state index is 15.9. The highest BCUT2D eigenvalue weighted by atomic mass is 35.5. The van der Waals surface area contributed by atoms with Crippen molar-refractivity contribution in [2.45, 2.75) is 52.0 Å². The van der Waals surface area contributed by atoms with Gasteiger partial charge in [-0.2, -0.15) is 10.2 Å². The molecule has 1 aromatic carbocycles. The van der Waals surface area contributed by atoms with Gasteiger partial charge in [0.15, 0.2) is 11.6 Å². The quantitative estimate of drug-likeness (QED) is 0.197. The lowest BCUT2D eigenvalue weighted by Gasteiger charge is -2.14. The molecule has 3 heterocycles. The molecule has 0 amide bonds. The second-order valence-corrected chi connectivity index (χ2v) is 10.5. The molecule has 1 aliphatic rings. The van der Waals surface area contributed by atoms with Gasteiger partial charge in [0, 0.05) is 23.4 Å². The van der Waals surface area contributed by atoms with Gasteiger partial charge < -0.3 is 15.3 Å². The SMILES string of the molecule is C/C=C/N=C(/C(F)=C/n1c(C)cc(C2CC2c2cnn(C(O)(O)O)n2)c(Cl)c1=O)c1ccc(F)c(-n2c(C)nnc2C)c1F. The summed E-state index contributed by atoms with van der Waals surface area (Å²) >= 11 is 6.45. The molecular weight excluding hydrogens is 605 g/mol. The number of hydrogen-bond acceptors (Lipinski definition) is 9. The lowest BCUT2D eigenvalue weighted by molar-refractivity contribution is -0.387. The maximum Gasteiger partial charge on any atom is 0.405 e. The van der Waals surface area contributed by atoms with E-state index in [0.717, 1.165) is 27.5 Å². The van der Waals surface area contributed by atoms with Crippen LogP contribution >= 0.6 is 11.6 Å². The van der Waals surface area contributed by atoms with Gasteiger partial charge in [-0.05, 0) is 63.8 Å². The predicted octanol–water partition coefficient (Wildman–Crippen LogP) is 3.48. The van der Waals surface area contributed by atoms with Crippen molar-refractivity contribution >= 4 is 23.5 Å². The highest BCUT2D eigenvalue weighted by Crippen LogP contribution is 2.55. The molecule has 0 radical (unpaired) electrons. The number of rotatable bonds is 8. The molecule has 4 aromatic rings. The van der Waals surface area contributed by atoms with Gasteiger partial charge >= 0.3 is 6.10 Å². The number of nitrogens with zero attached hydrogens (tertiary/aromatic N) is 8. The van der Waals surface area contributed by atoms with E-state index in [1.165, 1.54) is 32.3 Å². The van der Waals surface area contributed by atoms with Crippen LogP contribution < -0.4 is 5.56 Å². The van der Waals surface area contributed by atoms with Crippen LogP contribution in [0.3, 0.4) is 0 Å². The molecule has 0 saturated heterocycles. The minimum absolute atomic E-state index is 0.193. The summed E-state index contributed by atoms with van der Waals surface area (Å²) < 4.78 is 48.8. The van der Waals surface area contributed by atoms with Gasteiger partial charge in [0.1, 0.15) is 33.9 Å². The van der Waals surface area contributed by atoms with Crippen molar-refractivity contribution in [2.75, 3.05) is 0 Å². The van der Waals surface area contributed by atoms with Crippen LogP contribution in [0.25, 0.3) is 11.9 Å². The third-order valence-corrected chi connectivity index (χ3v) is 7.49. The number of halogens is 4. The van der Waals surface area contributed by atoms with Crippen LogP contribution in [0.4, 0.5) is 13.2 Å². The summed E-state index contributed by atoms with van der Waals surface area (Å²) in [7, 11) is 0. The second-order valence-electron chi connectivity index (χ2n) is 10.2. The van der Waals surface area contributed by atoms with Crippen LogP contribution in [0.15, 0.2) is 52.3 Å². The highest BCUT2D eigenvalue weighted by molar-refractivity contribution is 6.31. The van der Waals surface area contributed by atoms with Gasteiger partial charge in [-0.3, -0.25) is 18.9 Å². The van der Waals surface area contributed by atoms with Crippen LogP contribution in [0.2, 0.25) is 5.02 Å². The van der Waals surface area contributed by atoms with E-state index >= 15 is 8.78 Å². The first-order valence-corrected chi connectivity index (χ1v) is 13.6. The first kappa shape index (κ1) is 31.0. The number of aromatic nitrogens is 7. The Morgan fingerprint density at radius 2 is 1.82 bits per heavy atom. The zero-order valence-electron chi connectivity index (χ0n) is 23.7. The molecule has 1 fully saturated rings. The van der Waals surface area contributed by atoms with Crippen molar-refractivity contribution in [3.8, 4) is 5.69 Å². The summed E-state index contributed by atoms with van der Waals surface area (Å²) in [6.07, 6.45) is 2.02. The summed E-state index contributed by atoms with van der Waals surface area (Å²) in [5, 5.41) is 42.8. The van der Waals surface area contributed by atoms with Gasteiger partial charge in [0.05, 0.1) is 18.1 Å². The Bertz CT molecular complexity index is 1900. The Morgan fingerprint density at radius 1 is 1.14 bits per heavy atom. The van der Waals surface area contributed by atoms with Gasteiger partial charge in [-0.15, -0.1) is 10.2 Å². The molecular formula is C28H26ClF3N8O4. The third-order valence-electron chi connectivity index (χ3n) is 7.11. The molecule has 230 valence electrons. The van der Waals surface area contributed by atoms with E-state index in [0.29, 0.717) is 28.2 Å². The Labute approximate surface area is 252 Å². The minimum atomic E-state index is -3.27. The summed E-state index contributed by atoms with van der Waals surface area (Å²) in [4.78, 5) is 17.7. The zero-order chi connectivity index (χ0) is 32.1. The summed E-state index contributed by atoms with van der Waals surface area (Å²) in [6, 6.07) is 3.61. The van der Waals surface area contributed by atoms with E-state index in [-0.39, 0.29) is 34.1 Å². The topological polar surface area (TPSA) is 156 Å². The molecule has 0 bridgehead atoms. The molecule has 2 atom stereocenters. The van der Waals surface area contributed by atoms with Crippen molar-refractivity contribution < 1.29 is 28.5 Å². The maximum absolute atomic E-state index is 15.9. The zero-order valence-corrected chi connectivity index (χ0v) is 24.5. The molecule has 0 aliphatic heterocycles. The smallest absolute Gasteiger partial charge is 0.323 e. The molecule has 0 spiro atoms. The summed E-state index contributed by atoms with van der Waals surface area (Å²) in [5.41, 5.74) is -1.06. The number of aryl methyl sites for hydroxylation is 3. The monoisotopic (exact) mass is 630 g/mol. The molecule has 1 saturated carbocycles. The van der Waals surface area contributed by atoms with E-state index in [4.69, 9.17) is 11.6 Å². The number of pyridine rings is 1. The summed E-state index contributed by atoms with van der Waals surface area (Å²) in [6.45, 7) is 6.19. The van der Waals surface area contributed by atoms with Crippen molar-refractivity contribution in [3.05, 3.63) is 104 Å². The third kappa shape index (κ3) is 5.61. The van der Waals surface area contributed by atoms with Crippen LogP contribution in [0, 0.1) is 32.4 Å². The number of hydrogen-bond donors (Lipinski definition) is 3. The number of allylic oxidation sites excluding steroid dienone is 2. The van der Waals surface area contributed by atoms with E-state index in [1.54, 1.807) is 19.9 Å². The Balaban J connectivity index is 1.53. The van der Waals surface area contributed by atoms with Crippen LogP contribution in [0.5, 0.6) is 0 Å². The average Bonchev–Trinajstić information content (AvgIpc) is 3.45. The minimum Gasteiger partial charge on any atom is -0.323 e. The van der Waals surface area contributed by atoms with E-state index in [1.807, 2.05) is 0 Å². The molecule has 3 aromatic heterocycles. The van der Waals surface area contributed by atoms with Crippen molar-refractivity contribution in [1.82, 2.24) is 34.3 Å². The fraction of sp³-hybridized carbons (Fsp3) is 0.286. The van der Waals surface area contributed by atoms with Gasteiger partial charge in [-0.1, -0.05) is 22.5 Å². The lowest BCUT2D eigenvalue weighted by atomic mass is 10.1. The molecule has 44 heavy (non-hydrogen) atoms. The highest BCUT2D eigenvalue weighted by Gasteiger charge is 2.44. The number of aliphatic hydroxyl groups is 3. The van der Waals surface area contributed by atoms with Crippen molar-refractivity contribution in [1.29, 1.82) is 0 Å². The standard InChI is InChI=1S/C28H26ClF3N8O4/c1-5-8-33-25(16-6-7-20(30)26(24(16)32)39-14(3)35-36-15(39)4)21(31)12-38-13(2)9-19(23(29)27(38)41)17-10-18(17)22-11-34-40(37-22)28(42,43)44/h5-9,11-12,17-18,42-44H,10H2,1-4H3/b8-5+,21-12-,33-25+. The van der Waals surface area contributed by atoms with Crippen molar-refractivity contribution in [3.63, 3.8) is 0 Å². The normalized spacial score (nSPS) is 17.6. The fourth-order valence-electron chi connectivity index (χ4n) is 4.94. The van der Waals surface area contributed by atoms with E-state index < -0.39 is 40.5 Å². The van der Waals surface area contributed by atoms with Gasteiger partial charge in [-0.25, -0.2) is 13.2 Å². The van der Waals surface area contributed by atoms with Crippen LogP contribution in [-0.4, -0.2) is 55.4 Å². The molecule has 16 heteroatoms. The van der Waals surface area contributed by atoms with Gasteiger partial charge in [0.25, 0.3) is 5.56 Å². The second kappa shape index (κ2) is 11.6. The van der Waals surface area contributed by atoms with E-state index in [9.17, 15) is 24.5 Å². The first-order chi connectivity index (χ1) is 20.7. The number of benzene rings is 1. The van der Waals surface area contributed by atoms with E-state index in [2.05, 4.69) is 25.4 Å². The number of aliphatic imine (C=N–C) groups is 1. The van der Waals surface area contributed by atoms with Crippen LogP contribution in [0.1, 0.15) is 59.3 Å². The largest absolute Gasteiger partial charge is 0.405 e. The molecule has 5 rings (SSSR count). The fourth-order valence-corrected chi connectivity index (χ4v) is 5.22. The van der Waals surface area contributed by atoms with Crippen molar-refractivity contribution in [2.24, 2.45) is 4.99 Å². The van der Waals surface area contributed by atoms with Gasteiger partial charge in [0.2, 0.25) is 0 Å². The Hall–Kier alpha value is -4.44. The Kier molecular flexibility index (Phi) is 8.15. The lowest BCUT2D eigenvalue weighted by Crippen LogP contribution is -2.34. The summed E-state index contributed by atoms with van der Waals surface area (Å²) in [5.74, 6) is -3.28. The predicted molar refractivity (Wildman–Crippen MR) is 153 cm³/mol. The van der Waals surface area contributed by atoms with Crippen LogP contribution in [-0.2, 0) is 6.10 Å². The average molecular weight is 631 g/mol. The molecule has 1 aliphatic carbocycles. The first-order valence-electron chi connectivity index (χ1n) is 13.2. The molecule has 2 unspecified atom stereocenters. The molecule has 3 N–H and O–H groups in total. The Morgan fingerprint density at radius 3 is 2.43 bits per heavy atom.